The molecule has 2 rings (SSSR count). The first-order valence-electron chi connectivity index (χ1n) is 6.70. The monoisotopic (exact) mass is 233 g/mol. The zero-order valence-corrected chi connectivity index (χ0v) is 11.0. The first kappa shape index (κ1) is 12.4. The van der Waals surface area contributed by atoms with E-state index in [-0.39, 0.29) is 0 Å². The van der Waals surface area contributed by atoms with Gasteiger partial charge >= 0.3 is 0 Å². The number of hydrogen-bond donors (Lipinski definition) is 1. The van der Waals surface area contributed by atoms with Gasteiger partial charge in [-0.05, 0) is 49.3 Å². The van der Waals surface area contributed by atoms with Crippen molar-refractivity contribution in [3.05, 3.63) is 29.8 Å². The van der Waals surface area contributed by atoms with E-state index in [0.29, 0.717) is 5.41 Å². The van der Waals surface area contributed by atoms with Gasteiger partial charge in [0, 0.05) is 13.1 Å². The molecule has 1 N–H and O–H groups in total. The first-order valence-corrected chi connectivity index (χ1v) is 6.70. The van der Waals surface area contributed by atoms with E-state index in [9.17, 15) is 0 Å². The fraction of sp³-hybridized carbons (Fsp3) is 0.600. The van der Waals surface area contributed by atoms with Gasteiger partial charge in [-0.15, -0.1) is 0 Å². The highest BCUT2D eigenvalue weighted by Gasteiger charge is 2.39. The molecule has 0 atom stereocenters. The fourth-order valence-electron chi connectivity index (χ4n) is 2.22. The highest BCUT2D eigenvalue weighted by molar-refractivity contribution is 5.28. The number of hydrogen-bond acceptors (Lipinski definition) is 2. The van der Waals surface area contributed by atoms with Crippen LogP contribution in [0.5, 0.6) is 5.75 Å². The summed E-state index contributed by atoms with van der Waals surface area (Å²) in [7, 11) is 0. The molecule has 94 valence electrons. The maximum Gasteiger partial charge on any atom is 0.119 e. The van der Waals surface area contributed by atoms with Gasteiger partial charge in [0.25, 0.3) is 0 Å². The second-order valence-corrected chi connectivity index (χ2v) is 5.04. The van der Waals surface area contributed by atoms with E-state index < -0.39 is 0 Å². The summed E-state index contributed by atoms with van der Waals surface area (Å²) in [5, 5.41) is 3.57. The smallest absolute Gasteiger partial charge is 0.119 e. The zero-order chi connectivity index (χ0) is 12.1. The molecule has 0 amide bonds. The van der Waals surface area contributed by atoms with Crippen molar-refractivity contribution in [2.45, 2.75) is 39.7 Å². The standard InChI is InChI=1S/C15H23NO/c1-3-15(8-9-15)12-16-11-13-6-5-7-14(10-13)17-4-2/h5-7,10,16H,3-4,8-9,11-12H2,1-2H3. The van der Waals surface area contributed by atoms with Gasteiger partial charge in [-0.25, -0.2) is 0 Å². The van der Waals surface area contributed by atoms with Crippen LogP contribution in [0.2, 0.25) is 0 Å². The van der Waals surface area contributed by atoms with E-state index in [1.807, 2.05) is 13.0 Å². The summed E-state index contributed by atoms with van der Waals surface area (Å²) in [6.07, 6.45) is 4.10. The molecule has 0 spiro atoms. The lowest BCUT2D eigenvalue weighted by atomic mass is 10.0. The molecule has 0 radical (unpaired) electrons. The van der Waals surface area contributed by atoms with Gasteiger partial charge in [0.05, 0.1) is 6.61 Å². The Morgan fingerprint density at radius 1 is 1.29 bits per heavy atom. The maximum absolute atomic E-state index is 5.50. The summed E-state index contributed by atoms with van der Waals surface area (Å²) in [5.41, 5.74) is 1.93. The van der Waals surface area contributed by atoms with Crippen molar-refractivity contribution in [2.24, 2.45) is 5.41 Å². The van der Waals surface area contributed by atoms with E-state index in [0.717, 1.165) is 25.4 Å². The Balaban J connectivity index is 1.80. The molecule has 1 aliphatic carbocycles. The fourth-order valence-corrected chi connectivity index (χ4v) is 2.22. The molecule has 2 nitrogen and oxygen atoms in total. The van der Waals surface area contributed by atoms with Crippen LogP contribution in [0.4, 0.5) is 0 Å². The molecule has 1 aromatic rings. The summed E-state index contributed by atoms with van der Waals surface area (Å²) in [5.74, 6) is 0.975. The zero-order valence-electron chi connectivity index (χ0n) is 11.0. The Labute approximate surface area is 104 Å². The average molecular weight is 233 g/mol. The summed E-state index contributed by atoms with van der Waals surface area (Å²) < 4.78 is 5.50. The van der Waals surface area contributed by atoms with Crippen LogP contribution in [0.15, 0.2) is 24.3 Å². The molecular weight excluding hydrogens is 210 g/mol. The van der Waals surface area contributed by atoms with Gasteiger partial charge < -0.3 is 10.1 Å². The van der Waals surface area contributed by atoms with Crippen LogP contribution < -0.4 is 10.1 Å². The SMILES string of the molecule is CCOc1cccc(CNCC2(CC)CC2)c1. The third kappa shape index (κ3) is 3.47. The lowest BCUT2D eigenvalue weighted by Gasteiger charge is -2.13. The van der Waals surface area contributed by atoms with E-state index in [1.54, 1.807) is 0 Å². The summed E-state index contributed by atoms with van der Waals surface area (Å²) in [6.45, 7) is 7.15. The Morgan fingerprint density at radius 3 is 2.76 bits per heavy atom. The van der Waals surface area contributed by atoms with Crippen LogP contribution in [0.1, 0.15) is 38.7 Å². The molecule has 0 aliphatic heterocycles. The average Bonchev–Trinajstić information content (AvgIpc) is 3.11. The van der Waals surface area contributed by atoms with Crippen molar-refractivity contribution >= 4 is 0 Å². The van der Waals surface area contributed by atoms with Gasteiger partial charge in [0.1, 0.15) is 5.75 Å². The molecular formula is C15H23NO. The topological polar surface area (TPSA) is 21.3 Å². The molecule has 1 aliphatic rings. The summed E-state index contributed by atoms with van der Waals surface area (Å²) in [6, 6.07) is 8.36. The van der Waals surface area contributed by atoms with Crippen LogP contribution >= 0.6 is 0 Å². The van der Waals surface area contributed by atoms with Crippen LogP contribution in [0.3, 0.4) is 0 Å². The van der Waals surface area contributed by atoms with Crippen LogP contribution in [0.25, 0.3) is 0 Å². The second-order valence-electron chi connectivity index (χ2n) is 5.04. The minimum Gasteiger partial charge on any atom is -0.494 e. The third-order valence-corrected chi connectivity index (χ3v) is 3.75. The van der Waals surface area contributed by atoms with Crippen molar-refractivity contribution in [1.82, 2.24) is 5.32 Å². The summed E-state index contributed by atoms with van der Waals surface area (Å²) in [4.78, 5) is 0. The molecule has 0 aromatic heterocycles. The molecule has 2 heteroatoms. The molecule has 0 unspecified atom stereocenters. The first-order chi connectivity index (χ1) is 8.28. The Bertz CT molecular complexity index is 358. The number of ether oxygens (including phenoxy) is 1. The van der Waals surface area contributed by atoms with Crippen molar-refractivity contribution in [1.29, 1.82) is 0 Å². The van der Waals surface area contributed by atoms with Crippen molar-refractivity contribution < 1.29 is 4.74 Å². The minimum atomic E-state index is 0.623. The van der Waals surface area contributed by atoms with Crippen molar-refractivity contribution in [3.63, 3.8) is 0 Å². The van der Waals surface area contributed by atoms with Crippen molar-refractivity contribution in [2.75, 3.05) is 13.2 Å². The normalized spacial score (nSPS) is 16.8. The molecule has 1 fully saturated rings. The maximum atomic E-state index is 5.50. The van der Waals surface area contributed by atoms with E-state index in [4.69, 9.17) is 4.74 Å². The quantitative estimate of drug-likeness (QED) is 0.779. The van der Waals surface area contributed by atoms with E-state index in [1.165, 1.54) is 24.8 Å². The van der Waals surface area contributed by atoms with Gasteiger partial charge in [-0.1, -0.05) is 19.1 Å². The predicted molar refractivity (Wildman–Crippen MR) is 71.3 cm³/mol. The largest absolute Gasteiger partial charge is 0.494 e. The number of benzene rings is 1. The highest BCUT2D eigenvalue weighted by atomic mass is 16.5. The van der Waals surface area contributed by atoms with Crippen molar-refractivity contribution in [3.8, 4) is 5.75 Å². The Morgan fingerprint density at radius 2 is 2.12 bits per heavy atom. The molecule has 0 heterocycles. The Kier molecular flexibility index (Phi) is 4.06. The molecule has 1 saturated carbocycles. The highest BCUT2D eigenvalue weighted by Crippen LogP contribution is 2.47. The lowest BCUT2D eigenvalue weighted by Crippen LogP contribution is -2.23. The number of nitrogens with one attached hydrogen (secondary N) is 1. The van der Waals surface area contributed by atoms with Gasteiger partial charge in [0.2, 0.25) is 0 Å². The van der Waals surface area contributed by atoms with Gasteiger partial charge in [-0.2, -0.15) is 0 Å². The van der Waals surface area contributed by atoms with Crippen LogP contribution in [0, 0.1) is 5.41 Å². The summed E-state index contributed by atoms with van der Waals surface area (Å²) >= 11 is 0. The molecule has 0 bridgehead atoms. The third-order valence-electron chi connectivity index (χ3n) is 3.75. The molecule has 17 heavy (non-hydrogen) atoms. The number of rotatable bonds is 7. The molecule has 1 aromatic carbocycles. The molecule has 0 saturated heterocycles. The predicted octanol–water partition coefficient (Wildman–Crippen LogP) is 3.37. The van der Waals surface area contributed by atoms with E-state index >= 15 is 0 Å². The second kappa shape index (κ2) is 5.54. The van der Waals surface area contributed by atoms with Crippen LogP contribution in [-0.2, 0) is 6.54 Å². The van der Waals surface area contributed by atoms with E-state index in [2.05, 4.69) is 30.4 Å². The minimum absolute atomic E-state index is 0.623. The van der Waals surface area contributed by atoms with Gasteiger partial charge in [-0.3, -0.25) is 0 Å². The van der Waals surface area contributed by atoms with Crippen LogP contribution in [-0.4, -0.2) is 13.2 Å². The van der Waals surface area contributed by atoms with Gasteiger partial charge in [0.15, 0.2) is 0 Å². The Hall–Kier alpha value is -1.02. The lowest BCUT2D eigenvalue weighted by molar-refractivity contribution is 0.339.